The van der Waals surface area contributed by atoms with E-state index in [1.54, 1.807) is 62.3 Å². The van der Waals surface area contributed by atoms with Crippen molar-refractivity contribution in [2.45, 2.75) is 356 Å². The summed E-state index contributed by atoms with van der Waals surface area (Å²) in [5, 5.41) is 53.9. The van der Waals surface area contributed by atoms with Gasteiger partial charge in [0.15, 0.2) is 0 Å². The molecule has 20 amide bonds. The minimum atomic E-state index is -1.85. The molecule has 1 saturated heterocycles. The van der Waals surface area contributed by atoms with Crippen molar-refractivity contribution in [2.75, 3.05) is 26.2 Å². The molecule has 1 fully saturated rings. The van der Waals surface area contributed by atoms with Crippen LogP contribution >= 0.6 is 0 Å². The second-order valence-electron chi connectivity index (χ2n) is 37.2. The van der Waals surface area contributed by atoms with Crippen LogP contribution in [0.2, 0.25) is 0 Å². The summed E-state index contributed by atoms with van der Waals surface area (Å²) in [5.41, 5.74) is -2.91. The summed E-state index contributed by atoms with van der Waals surface area (Å²) in [4.78, 5) is 274. The minimum absolute atomic E-state index is 0.0154. The Morgan fingerprint density at radius 1 is 0.371 bits per heavy atom. The van der Waals surface area contributed by atoms with Crippen LogP contribution in [-0.2, 0) is 95.9 Å². The van der Waals surface area contributed by atoms with E-state index in [1.165, 1.54) is 109 Å². The van der Waals surface area contributed by atoms with Crippen molar-refractivity contribution in [1.29, 1.82) is 0 Å². The number of primary amides is 2. The Bertz CT molecular complexity index is 3860. The third kappa shape index (κ3) is 35.9. The van der Waals surface area contributed by atoms with Gasteiger partial charge in [0.2, 0.25) is 118 Å². The topological polar surface area (TPSA) is 621 Å². The van der Waals surface area contributed by atoms with Crippen LogP contribution in [0.3, 0.4) is 0 Å². The van der Waals surface area contributed by atoms with Gasteiger partial charge in [0.05, 0.1) is 25.7 Å². The first-order valence-corrected chi connectivity index (χ1v) is 42.5. The maximum absolute atomic E-state index is 14.5. The van der Waals surface area contributed by atoms with Gasteiger partial charge in [-0.1, -0.05) is 76.2 Å². The Morgan fingerprint density at radius 3 is 1.16 bits per heavy atom. The molecule has 0 aromatic heterocycles. The fraction of sp³-hybridized carbons (Fsp3) is 0.759. The van der Waals surface area contributed by atoms with E-state index in [0.29, 0.717) is 12.8 Å². The summed E-state index contributed by atoms with van der Waals surface area (Å²) in [6.45, 7) is 37.8. The van der Waals surface area contributed by atoms with E-state index in [9.17, 15) is 101 Å². The van der Waals surface area contributed by atoms with Crippen molar-refractivity contribution in [1.82, 2.24) is 95.3 Å². The van der Waals surface area contributed by atoms with Crippen LogP contribution in [0.1, 0.15) is 263 Å². The van der Waals surface area contributed by atoms with Gasteiger partial charge in [-0.25, -0.2) is 0 Å². The fourth-order valence-corrected chi connectivity index (χ4v) is 12.9. The lowest BCUT2D eigenvalue weighted by atomic mass is 9.93. The highest BCUT2D eigenvalue weighted by Gasteiger charge is 2.48. The fourth-order valence-electron chi connectivity index (χ4n) is 12.9. The summed E-state index contributed by atoms with van der Waals surface area (Å²) in [6, 6.07) is -9.84. The minimum Gasteiger partial charge on any atom is -0.394 e. The monoisotopic (exact) mass is 1760 g/mol. The zero-order chi connectivity index (χ0) is 96.1. The number of aliphatic hydroxyl groups excluding tert-OH is 1. The molecule has 41 heteroatoms. The van der Waals surface area contributed by atoms with Gasteiger partial charge in [-0.3, -0.25) is 95.9 Å². The molecule has 0 radical (unpaired) electrons. The highest BCUT2D eigenvalue weighted by Crippen LogP contribution is 2.25. The molecule has 1 rings (SSSR count). The quantitative estimate of drug-likeness (QED) is 0.0304. The first kappa shape index (κ1) is 111. The van der Waals surface area contributed by atoms with E-state index in [1.807, 2.05) is 13.8 Å². The van der Waals surface area contributed by atoms with E-state index in [-0.39, 0.29) is 88.0 Å². The number of nitrogens with zero attached hydrogens (tertiary/aromatic N) is 1. The molecule has 1 aliphatic heterocycles. The molecule has 0 aromatic rings. The lowest BCUT2D eigenvalue weighted by Crippen LogP contribution is -2.66. The number of nitrogens with two attached hydrogens (primary N) is 2. The number of carbonyl (C=O) groups is 20. The summed E-state index contributed by atoms with van der Waals surface area (Å²) < 4.78 is 0. The van der Waals surface area contributed by atoms with Crippen LogP contribution in [0.5, 0.6) is 0 Å². The third-order valence-corrected chi connectivity index (χ3v) is 21.2. The second-order valence-corrected chi connectivity index (χ2v) is 37.2. The summed E-state index contributed by atoms with van der Waals surface area (Å²) in [5.74, 6) is -16.6. The summed E-state index contributed by atoms with van der Waals surface area (Å²) >= 11 is 0. The summed E-state index contributed by atoms with van der Waals surface area (Å²) in [6.07, 6.45) is -0.595. The largest absolute Gasteiger partial charge is 0.394 e. The Morgan fingerprint density at radius 2 is 0.734 bits per heavy atom. The zero-order valence-corrected chi connectivity index (χ0v) is 77.7. The van der Waals surface area contributed by atoms with Crippen molar-refractivity contribution in [3.05, 3.63) is 0 Å². The molecule has 124 heavy (non-hydrogen) atoms. The Kier molecular flexibility index (Phi) is 43.1. The molecule has 0 spiro atoms. The van der Waals surface area contributed by atoms with Crippen molar-refractivity contribution >= 4 is 118 Å². The number of carbonyl (C=O) groups excluding carboxylic acids is 20. The van der Waals surface area contributed by atoms with Crippen molar-refractivity contribution in [2.24, 2.45) is 35.1 Å². The average Bonchev–Trinajstić information content (AvgIpc) is 1.38. The first-order valence-electron chi connectivity index (χ1n) is 42.5. The summed E-state index contributed by atoms with van der Waals surface area (Å²) in [7, 11) is 0. The molecule has 22 N–H and O–H groups in total. The van der Waals surface area contributed by atoms with Crippen molar-refractivity contribution in [3.8, 4) is 0 Å². The number of rotatable bonds is 52. The predicted octanol–water partition coefficient (Wildman–Crippen LogP) is -2.32. The molecular formula is C83H146N20O21. The van der Waals surface area contributed by atoms with Gasteiger partial charge in [0.1, 0.15) is 86.6 Å². The van der Waals surface area contributed by atoms with Crippen molar-refractivity contribution in [3.63, 3.8) is 0 Å². The molecular weight excluding hydrogens is 1610 g/mol. The van der Waals surface area contributed by atoms with Gasteiger partial charge in [0, 0.05) is 26.3 Å². The molecule has 704 valence electrons. The predicted molar refractivity (Wildman–Crippen MR) is 459 cm³/mol. The van der Waals surface area contributed by atoms with Gasteiger partial charge in [0.25, 0.3) is 0 Å². The zero-order valence-electron chi connectivity index (χ0n) is 77.7. The van der Waals surface area contributed by atoms with E-state index in [4.69, 9.17) is 11.5 Å². The van der Waals surface area contributed by atoms with E-state index < -0.39 is 243 Å². The van der Waals surface area contributed by atoms with Gasteiger partial charge < -0.3 is 112 Å². The third-order valence-electron chi connectivity index (χ3n) is 21.2. The first-order chi connectivity index (χ1) is 56.7. The number of aliphatic hydroxyl groups is 1. The smallest absolute Gasteiger partial charge is 0.248 e. The highest BCUT2D eigenvalue weighted by molar-refractivity contribution is 6.04. The molecule has 0 aliphatic carbocycles. The number of likely N-dealkylation sites (tertiary alicyclic amines) is 1. The maximum atomic E-state index is 14.5. The molecule has 0 aromatic carbocycles. The van der Waals surface area contributed by atoms with E-state index in [2.05, 4.69) is 90.4 Å². The van der Waals surface area contributed by atoms with Crippen LogP contribution in [-0.4, -0.2) is 247 Å². The van der Waals surface area contributed by atoms with E-state index >= 15 is 0 Å². The standard InChI is InChI=1S/C83H146N20O21/c1-27-81(24,100-66(115)54(39-46(8)9)90-61(110)48(12)88-59(108)41-86-68(117)76(14,15)95-49(13)105)72(121)93-52(33-35-58(85)107)63(112)99-82(25,28-2)73(122)94-55(40-47(10)11)65(114)97-77(16,17)69(118)87-42-60(109)96-83(26,29-3)74(123)102-80(22,23)75(124)103-36-30-31-56(103)67(116)91-53(38-45(6)7)64(113)98-79(20,21)71(120)101-78(18,19)70(119)92-51(32-34-57(84)106)62(111)89-50(43-104)37-44(4)5/h44-48,50-56,104H,27-43H2,1-26H3,(H2,84,106)(H2,85,107)(H,86,117)(H,87,118)(H,88,108)(H,89,111)(H,90,110)(H,91,116)(H,92,119)(H,93,121)(H,94,122)(H,95,105)(H,96,109)(H,97,114)(H,98,113)(H,99,112)(H,100,115)(H,101,120)(H,102,123)/t48-,50-,51-,52-,53-,54-,55-,56-,81-,82-,83-/m0/s1. The number of hydrogen-bond donors (Lipinski definition) is 20. The van der Waals surface area contributed by atoms with Crippen LogP contribution in [0.15, 0.2) is 0 Å². The molecule has 0 unspecified atom stereocenters. The van der Waals surface area contributed by atoms with Gasteiger partial charge in [-0.05, 0) is 191 Å². The average molecular weight is 1760 g/mol. The number of amides is 20. The lowest BCUT2D eigenvalue weighted by molar-refractivity contribution is -0.146. The normalized spacial score (nSPS) is 16.3. The van der Waals surface area contributed by atoms with Gasteiger partial charge in [-0.15, -0.1) is 0 Å². The molecule has 0 bridgehead atoms. The Labute approximate surface area is 728 Å². The number of nitrogens with one attached hydrogen (secondary N) is 17. The lowest BCUT2D eigenvalue weighted by Gasteiger charge is -2.37. The highest BCUT2D eigenvalue weighted by atomic mass is 16.3. The Balaban J connectivity index is 3.29. The van der Waals surface area contributed by atoms with E-state index in [0.717, 1.165) is 0 Å². The van der Waals surface area contributed by atoms with Crippen LogP contribution < -0.4 is 102 Å². The van der Waals surface area contributed by atoms with Crippen LogP contribution in [0.4, 0.5) is 0 Å². The maximum Gasteiger partial charge on any atom is 0.248 e. The molecule has 1 heterocycles. The van der Waals surface area contributed by atoms with Crippen molar-refractivity contribution < 1.29 is 101 Å². The van der Waals surface area contributed by atoms with Gasteiger partial charge in [-0.2, -0.15) is 0 Å². The molecule has 1 aliphatic rings. The molecule has 11 atom stereocenters. The number of hydrogen-bond acceptors (Lipinski definition) is 21. The molecule has 41 nitrogen and oxygen atoms in total. The second kappa shape index (κ2) is 48.0. The van der Waals surface area contributed by atoms with Crippen LogP contribution in [0.25, 0.3) is 0 Å². The molecule has 0 saturated carbocycles. The SMILES string of the molecule is CC[C@](C)(NC(=O)CNC(=O)C(C)(C)NC(=O)[C@H](CC(C)C)NC(=O)[C@](C)(CC)NC(=O)[C@H](CCC(N)=O)NC(=O)[C@](C)(CC)NC(=O)[C@H](CC(C)C)NC(=O)[C@H](C)NC(=O)CNC(=O)C(C)(C)NC(C)=O)C(=O)NC(C)(C)C(=O)N1CCC[C@H]1C(=O)N[C@@H](CC(C)C)C(=O)NC(C)(C)C(=O)NC(C)(C)C(=O)N[C@@H](CCC(N)=O)C(=O)N[C@H](CO)CC(C)C. The van der Waals surface area contributed by atoms with Crippen LogP contribution in [0, 0.1) is 23.7 Å². The Hall–Kier alpha value is -10.6. The van der Waals surface area contributed by atoms with Gasteiger partial charge >= 0.3 is 0 Å².